The van der Waals surface area contributed by atoms with E-state index in [0.29, 0.717) is 17.6 Å². The summed E-state index contributed by atoms with van der Waals surface area (Å²) < 4.78 is 5.33. The summed E-state index contributed by atoms with van der Waals surface area (Å²) in [4.78, 5) is 10.4. The maximum atomic E-state index is 8.76. The molecule has 7 nitrogen and oxygen atoms in total. The van der Waals surface area contributed by atoms with E-state index in [0.717, 1.165) is 26.1 Å². The second-order valence-electron chi connectivity index (χ2n) is 4.17. The van der Waals surface area contributed by atoms with Crippen LogP contribution in [0.2, 0.25) is 0 Å². The van der Waals surface area contributed by atoms with Crippen molar-refractivity contribution in [1.82, 2.24) is 9.97 Å². The van der Waals surface area contributed by atoms with Gasteiger partial charge >= 0.3 is 0 Å². The molecule has 0 bridgehead atoms. The summed E-state index contributed by atoms with van der Waals surface area (Å²) in [6.45, 7) is 1.49. The molecule has 1 aliphatic heterocycles. The lowest BCUT2D eigenvalue weighted by Crippen LogP contribution is -2.38. The SMILES string of the molecule is CN(c1nccnc1C(N)=NO)C1CCOCC1. The van der Waals surface area contributed by atoms with Crippen LogP contribution in [-0.2, 0) is 4.74 Å². The number of hydrogen-bond acceptors (Lipinski definition) is 6. The zero-order valence-corrected chi connectivity index (χ0v) is 10.3. The van der Waals surface area contributed by atoms with Gasteiger partial charge in [-0.15, -0.1) is 0 Å². The Labute approximate surface area is 105 Å². The largest absolute Gasteiger partial charge is 0.409 e. The quantitative estimate of drug-likeness (QED) is 0.344. The molecule has 2 heterocycles. The molecule has 1 fully saturated rings. The van der Waals surface area contributed by atoms with E-state index in [1.54, 1.807) is 6.20 Å². The monoisotopic (exact) mass is 251 g/mol. The predicted octanol–water partition coefficient (Wildman–Crippen LogP) is 0.186. The van der Waals surface area contributed by atoms with Gasteiger partial charge in [0.1, 0.15) is 0 Å². The topological polar surface area (TPSA) is 96.9 Å². The molecule has 0 aliphatic carbocycles. The van der Waals surface area contributed by atoms with Gasteiger partial charge in [-0.05, 0) is 12.8 Å². The van der Waals surface area contributed by atoms with Crippen LogP contribution in [0.25, 0.3) is 0 Å². The number of rotatable bonds is 3. The van der Waals surface area contributed by atoms with E-state index in [2.05, 4.69) is 15.1 Å². The Morgan fingerprint density at radius 1 is 1.44 bits per heavy atom. The first-order valence-corrected chi connectivity index (χ1v) is 5.83. The molecule has 1 saturated heterocycles. The van der Waals surface area contributed by atoms with Gasteiger partial charge in [0, 0.05) is 38.7 Å². The molecule has 2 rings (SSSR count). The number of amidine groups is 1. The summed E-state index contributed by atoms with van der Waals surface area (Å²) in [6, 6.07) is 0.334. The van der Waals surface area contributed by atoms with Crippen LogP contribution in [0.3, 0.4) is 0 Å². The lowest BCUT2D eigenvalue weighted by atomic mass is 10.1. The maximum Gasteiger partial charge on any atom is 0.192 e. The molecule has 0 saturated carbocycles. The van der Waals surface area contributed by atoms with Crippen LogP contribution in [-0.4, -0.2) is 47.3 Å². The van der Waals surface area contributed by atoms with Crippen molar-refractivity contribution in [3.63, 3.8) is 0 Å². The highest BCUT2D eigenvalue weighted by molar-refractivity contribution is 5.99. The molecule has 1 aromatic rings. The van der Waals surface area contributed by atoms with Crippen molar-refractivity contribution < 1.29 is 9.94 Å². The van der Waals surface area contributed by atoms with E-state index in [1.165, 1.54) is 6.20 Å². The second kappa shape index (κ2) is 5.63. The molecule has 0 spiro atoms. The van der Waals surface area contributed by atoms with Gasteiger partial charge in [0.05, 0.1) is 0 Å². The highest BCUT2D eigenvalue weighted by Gasteiger charge is 2.23. The molecule has 7 heteroatoms. The number of hydrogen-bond donors (Lipinski definition) is 2. The van der Waals surface area contributed by atoms with Crippen molar-refractivity contribution in [2.45, 2.75) is 18.9 Å². The van der Waals surface area contributed by atoms with E-state index in [9.17, 15) is 0 Å². The van der Waals surface area contributed by atoms with Gasteiger partial charge < -0.3 is 20.6 Å². The highest BCUT2D eigenvalue weighted by Crippen LogP contribution is 2.21. The normalized spacial score (nSPS) is 17.7. The number of anilines is 1. The lowest BCUT2D eigenvalue weighted by Gasteiger charge is -2.32. The predicted molar refractivity (Wildman–Crippen MR) is 66.8 cm³/mol. The van der Waals surface area contributed by atoms with Crippen LogP contribution in [0.15, 0.2) is 17.5 Å². The number of nitrogens with zero attached hydrogens (tertiary/aromatic N) is 4. The van der Waals surface area contributed by atoms with Crippen molar-refractivity contribution >= 4 is 11.7 Å². The van der Waals surface area contributed by atoms with Gasteiger partial charge in [-0.3, -0.25) is 0 Å². The first kappa shape index (κ1) is 12.6. The summed E-state index contributed by atoms with van der Waals surface area (Å²) in [5.74, 6) is 0.594. The third-order valence-electron chi connectivity index (χ3n) is 3.10. The van der Waals surface area contributed by atoms with E-state index in [-0.39, 0.29) is 5.84 Å². The van der Waals surface area contributed by atoms with Crippen LogP contribution in [0.5, 0.6) is 0 Å². The molecule has 3 N–H and O–H groups in total. The second-order valence-corrected chi connectivity index (χ2v) is 4.17. The Bertz CT molecular complexity index is 431. The van der Waals surface area contributed by atoms with Gasteiger partial charge in [-0.1, -0.05) is 5.16 Å². The lowest BCUT2D eigenvalue weighted by molar-refractivity contribution is 0.0853. The van der Waals surface area contributed by atoms with Gasteiger partial charge in [-0.2, -0.15) is 0 Å². The number of ether oxygens (including phenoxy) is 1. The summed E-state index contributed by atoms with van der Waals surface area (Å²) >= 11 is 0. The van der Waals surface area contributed by atoms with E-state index >= 15 is 0 Å². The molecule has 0 aromatic carbocycles. The van der Waals surface area contributed by atoms with Crippen molar-refractivity contribution in [3.05, 3.63) is 18.1 Å². The zero-order valence-electron chi connectivity index (χ0n) is 10.3. The molecule has 98 valence electrons. The standard InChI is InChI=1S/C11H17N5O2/c1-16(8-2-6-18-7-3-8)11-9(10(12)15-17)13-4-5-14-11/h4-5,8,17H,2-3,6-7H2,1H3,(H2,12,15). The summed E-state index contributed by atoms with van der Waals surface area (Å²) in [5.41, 5.74) is 6.01. The third kappa shape index (κ3) is 2.51. The van der Waals surface area contributed by atoms with Crippen molar-refractivity contribution in [1.29, 1.82) is 0 Å². The van der Waals surface area contributed by atoms with Gasteiger partial charge in [0.2, 0.25) is 0 Å². The molecule has 0 unspecified atom stereocenters. The van der Waals surface area contributed by atoms with Crippen LogP contribution in [0.1, 0.15) is 18.5 Å². The smallest absolute Gasteiger partial charge is 0.192 e. The average Bonchev–Trinajstić information content (AvgIpc) is 2.46. The minimum absolute atomic E-state index is 0.0305. The maximum absolute atomic E-state index is 8.76. The number of oxime groups is 1. The van der Waals surface area contributed by atoms with Crippen LogP contribution < -0.4 is 10.6 Å². The van der Waals surface area contributed by atoms with Crippen LogP contribution >= 0.6 is 0 Å². The Morgan fingerprint density at radius 3 is 2.78 bits per heavy atom. The Morgan fingerprint density at radius 2 is 2.11 bits per heavy atom. The van der Waals surface area contributed by atoms with Gasteiger partial charge in [0.25, 0.3) is 0 Å². The molecule has 1 aromatic heterocycles. The molecule has 1 aliphatic rings. The Balaban J connectivity index is 2.26. The van der Waals surface area contributed by atoms with Gasteiger partial charge in [0.15, 0.2) is 17.3 Å². The molecule has 0 atom stereocenters. The van der Waals surface area contributed by atoms with Gasteiger partial charge in [-0.25, -0.2) is 9.97 Å². The fraction of sp³-hybridized carbons (Fsp3) is 0.545. The molecule has 18 heavy (non-hydrogen) atoms. The minimum atomic E-state index is -0.0305. The fourth-order valence-electron chi connectivity index (χ4n) is 2.06. The number of aromatic nitrogens is 2. The average molecular weight is 251 g/mol. The van der Waals surface area contributed by atoms with Crippen molar-refractivity contribution in [3.8, 4) is 0 Å². The highest BCUT2D eigenvalue weighted by atomic mass is 16.5. The van der Waals surface area contributed by atoms with Crippen molar-refractivity contribution in [2.24, 2.45) is 10.9 Å². The summed E-state index contributed by atoms with van der Waals surface area (Å²) in [6.07, 6.45) is 4.99. The minimum Gasteiger partial charge on any atom is -0.409 e. The van der Waals surface area contributed by atoms with Crippen molar-refractivity contribution in [2.75, 3.05) is 25.2 Å². The summed E-state index contributed by atoms with van der Waals surface area (Å²) in [7, 11) is 1.94. The Hall–Kier alpha value is -1.89. The fourth-order valence-corrected chi connectivity index (χ4v) is 2.06. The van der Waals surface area contributed by atoms with Crippen LogP contribution in [0.4, 0.5) is 5.82 Å². The summed E-state index contributed by atoms with van der Waals surface area (Å²) in [5, 5.41) is 11.7. The number of nitrogens with two attached hydrogens (primary N) is 1. The molecule has 0 amide bonds. The van der Waals surface area contributed by atoms with E-state index in [4.69, 9.17) is 15.7 Å². The van der Waals surface area contributed by atoms with Crippen LogP contribution in [0, 0.1) is 0 Å². The van der Waals surface area contributed by atoms with E-state index in [1.807, 2.05) is 11.9 Å². The molecular formula is C11H17N5O2. The first-order chi connectivity index (χ1) is 8.74. The molecular weight excluding hydrogens is 234 g/mol. The molecule has 0 radical (unpaired) electrons. The Kier molecular flexibility index (Phi) is 3.93. The first-order valence-electron chi connectivity index (χ1n) is 5.83. The van der Waals surface area contributed by atoms with E-state index < -0.39 is 0 Å². The third-order valence-corrected chi connectivity index (χ3v) is 3.10. The zero-order chi connectivity index (χ0) is 13.0.